The van der Waals surface area contributed by atoms with Crippen LogP contribution >= 0.6 is 0 Å². The van der Waals surface area contributed by atoms with E-state index in [9.17, 15) is 9.59 Å². The van der Waals surface area contributed by atoms with E-state index in [0.29, 0.717) is 22.6 Å². The first-order chi connectivity index (χ1) is 14.0. The molecule has 3 rings (SSSR count). The number of nitrogens with one attached hydrogen (secondary N) is 1. The number of aromatic amines is 1. The lowest BCUT2D eigenvalue weighted by Gasteiger charge is -2.12. The van der Waals surface area contributed by atoms with Gasteiger partial charge >= 0.3 is 5.97 Å². The van der Waals surface area contributed by atoms with Crippen molar-refractivity contribution >= 4 is 28.7 Å². The van der Waals surface area contributed by atoms with Crippen molar-refractivity contribution in [1.82, 2.24) is 4.98 Å². The van der Waals surface area contributed by atoms with Crippen molar-refractivity contribution in [2.75, 3.05) is 14.2 Å². The molecule has 0 spiro atoms. The summed E-state index contributed by atoms with van der Waals surface area (Å²) in [5.74, 6) is 0.202. The van der Waals surface area contributed by atoms with Crippen LogP contribution in [0.15, 0.2) is 48.5 Å². The van der Waals surface area contributed by atoms with Crippen molar-refractivity contribution < 1.29 is 23.8 Å². The zero-order valence-corrected chi connectivity index (χ0v) is 16.8. The molecule has 0 saturated carbocycles. The highest BCUT2D eigenvalue weighted by Gasteiger charge is 2.23. The smallest absolute Gasteiger partial charge is 0.331 e. The molecule has 6 heteroatoms. The third-order valence-electron chi connectivity index (χ3n) is 4.63. The number of aryl methyl sites for hydroxylation is 1. The molecular formula is C23H23NO5. The molecule has 0 radical (unpaired) electrons. The van der Waals surface area contributed by atoms with Crippen LogP contribution in [0.5, 0.6) is 11.5 Å². The predicted octanol–water partition coefficient (Wildman–Crippen LogP) is 4.32. The van der Waals surface area contributed by atoms with Crippen LogP contribution in [0, 0.1) is 6.92 Å². The van der Waals surface area contributed by atoms with Crippen LogP contribution in [-0.4, -0.2) is 37.1 Å². The number of methoxy groups -OCH3 is 2. The predicted molar refractivity (Wildman–Crippen MR) is 112 cm³/mol. The molecule has 0 fully saturated rings. The number of aromatic nitrogens is 1. The van der Waals surface area contributed by atoms with Gasteiger partial charge in [0.15, 0.2) is 17.6 Å². The summed E-state index contributed by atoms with van der Waals surface area (Å²) < 4.78 is 15.9. The summed E-state index contributed by atoms with van der Waals surface area (Å²) >= 11 is 0. The van der Waals surface area contributed by atoms with Crippen molar-refractivity contribution in [2.24, 2.45) is 0 Å². The second-order valence-corrected chi connectivity index (χ2v) is 6.53. The summed E-state index contributed by atoms with van der Waals surface area (Å²) in [6.07, 6.45) is 1.92. The molecule has 0 saturated heterocycles. The summed E-state index contributed by atoms with van der Waals surface area (Å²) in [4.78, 5) is 28.3. The van der Waals surface area contributed by atoms with E-state index in [0.717, 1.165) is 16.6 Å². The Balaban J connectivity index is 1.75. The summed E-state index contributed by atoms with van der Waals surface area (Å²) in [5.41, 5.74) is 2.82. The molecule has 0 unspecified atom stereocenters. The molecule has 6 nitrogen and oxygen atoms in total. The van der Waals surface area contributed by atoms with Gasteiger partial charge < -0.3 is 19.2 Å². The van der Waals surface area contributed by atoms with Gasteiger partial charge in [0.2, 0.25) is 5.78 Å². The number of fused-ring (bicyclic) bond motifs is 1. The average molecular weight is 393 g/mol. The van der Waals surface area contributed by atoms with Crippen LogP contribution < -0.4 is 9.47 Å². The van der Waals surface area contributed by atoms with Crippen LogP contribution in [0.4, 0.5) is 0 Å². The van der Waals surface area contributed by atoms with Gasteiger partial charge in [0.1, 0.15) is 0 Å². The van der Waals surface area contributed by atoms with Gasteiger partial charge in [-0.25, -0.2) is 4.79 Å². The van der Waals surface area contributed by atoms with Crippen LogP contribution in [-0.2, 0) is 9.53 Å². The van der Waals surface area contributed by atoms with Crippen molar-refractivity contribution in [1.29, 1.82) is 0 Å². The van der Waals surface area contributed by atoms with Crippen LogP contribution in [0.25, 0.3) is 17.0 Å². The summed E-state index contributed by atoms with van der Waals surface area (Å²) in [7, 11) is 3.07. The highest BCUT2D eigenvalue weighted by atomic mass is 16.5. The third kappa shape index (κ3) is 4.16. The number of hydrogen-bond acceptors (Lipinski definition) is 5. The molecule has 3 aromatic rings. The molecule has 0 amide bonds. The number of Topliss-reactive ketones (excluding diaryl/α,β-unsaturated/α-hetero) is 1. The zero-order chi connectivity index (χ0) is 21.0. The molecule has 1 heterocycles. The van der Waals surface area contributed by atoms with Crippen LogP contribution in [0.2, 0.25) is 0 Å². The minimum Gasteiger partial charge on any atom is -0.493 e. The molecule has 150 valence electrons. The minimum atomic E-state index is -0.919. The Kier molecular flexibility index (Phi) is 6.02. The monoisotopic (exact) mass is 393 g/mol. The fourth-order valence-corrected chi connectivity index (χ4v) is 3.27. The average Bonchev–Trinajstić information content (AvgIpc) is 3.06. The van der Waals surface area contributed by atoms with Crippen molar-refractivity contribution in [3.63, 3.8) is 0 Å². The molecule has 29 heavy (non-hydrogen) atoms. The van der Waals surface area contributed by atoms with Gasteiger partial charge in [-0.05, 0) is 32.1 Å². The highest BCUT2D eigenvalue weighted by molar-refractivity contribution is 6.11. The number of ketones is 1. The van der Waals surface area contributed by atoms with E-state index in [1.54, 1.807) is 38.3 Å². The summed E-state index contributed by atoms with van der Waals surface area (Å²) in [5, 5.41) is 0.814. The fourth-order valence-electron chi connectivity index (χ4n) is 3.27. The van der Waals surface area contributed by atoms with Crippen molar-refractivity contribution in [2.45, 2.75) is 20.0 Å². The molecule has 2 aromatic carbocycles. The lowest BCUT2D eigenvalue weighted by molar-refractivity contribution is -0.140. The fraction of sp³-hybridized carbons (Fsp3) is 0.217. The van der Waals surface area contributed by atoms with Crippen LogP contribution in [0.3, 0.4) is 0 Å². The summed E-state index contributed by atoms with van der Waals surface area (Å²) in [6.45, 7) is 3.40. The standard InChI is InChI=1S/C23H23NO5/c1-14-21(17-9-5-6-10-18(17)24-14)22(26)15(2)29-20(25)13-12-16-8-7-11-19(27-3)23(16)28-4/h5-13,15,24H,1-4H3/b13-12+/t15-/m0/s1. The Morgan fingerprint density at radius 3 is 2.52 bits per heavy atom. The number of esters is 1. The van der Waals surface area contributed by atoms with Gasteiger partial charge in [-0.2, -0.15) is 0 Å². The normalized spacial score (nSPS) is 12.1. The lowest BCUT2D eigenvalue weighted by atomic mass is 10.0. The molecular weight excluding hydrogens is 370 g/mol. The number of carbonyl (C=O) groups excluding carboxylic acids is 2. The van der Waals surface area contributed by atoms with E-state index in [2.05, 4.69) is 4.98 Å². The molecule has 1 aromatic heterocycles. The first kappa shape index (κ1) is 20.2. The van der Waals surface area contributed by atoms with E-state index in [-0.39, 0.29) is 5.78 Å². The number of para-hydroxylation sites is 2. The van der Waals surface area contributed by atoms with Gasteiger partial charge in [0.25, 0.3) is 0 Å². The third-order valence-corrected chi connectivity index (χ3v) is 4.63. The number of rotatable bonds is 7. The first-order valence-corrected chi connectivity index (χ1v) is 9.17. The van der Waals surface area contributed by atoms with Gasteiger partial charge in [-0.1, -0.05) is 30.3 Å². The summed E-state index contributed by atoms with van der Waals surface area (Å²) in [6, 6.07) is 12.9. The minimum absolute atomic E-state index is 0.249. The molecule has 0 aliphatic heterocycles. The zero-order valence-electron chi connectivity index (χ0n) is 16.8. The van der Waals surface area contributed by atoms with E-state index in [4.69, 9.17) is 14.2 Å². The maximum Gasteiger partial charge on any atom is 0.331 e. The molecule has 1 N–H and O–H groups in total. The maximum absolute atomic E-state index is 12.9. The van der Waals surface area contributed by atoms with Crippen molar-refractivity contribution in [3.05, 3.63) is 65.4 Å². The van der Waals surface area contributed by atoms with E-state index in [1.165, 1.54) is 13.2 Å². The van der Waals surface area contributed by atoms with E-state index < -0.39 is 12.1 Å². The Labute approximate surface area is 169 Å². The Morgan fingerprint density at radius 2 is 1.79 bits per heavy atom. The topological polar surface area (TPSA) is 77.6 Å². The van der Waals surface area contributed by atoms with Gasteiger partial charge in [-0.3, -0.25) is 4.79 Å². The van der Waals surface area contributed by atoms with Crippen LogP contribution in [0.1, 0.15) is 28.5 Å². The van der Waals surface area contributed by atoms with Gasteiger partial charge in [0, 0.05) is 33.8 Å². The molecule has 0 aliphatic rings. The molecule has 0 aliphatic carbocycles. The van der Waals surface area contributed by atoms with E-state index in [1.807, 2.05) is 31.2 Å². The molecule has 1 atom stereocenters. The first-order valence-electron chi connectivity index (χ1n) is 9.17. The number of benzene rings is 2. The van der Waals surface area contributed by atoms with Crippen molar-refractivity contribution in [3.8, 4) is 11.5 Å². The Bertz CT molecular complexity index is 1080. The molecule has 0 bridgehead atoms. The lowest BCUT2D eigenvalue weighted by Crippen LogP contribution is -2.24. The maximum atomic E-state index is 12.9. The quantitative estimate of drug-likeness (QED) is 0.367. The second-order valence-electron chi connectivity index (χ2n) is 6.53. The number of ether oxygens (including phenoxy) is 3. The largest absolute Gasteiger partial charge is 0.493 e. The number of H-pyrrole nitrogens is 1. The Morgan fingerprint density at radius 1 is 1.03 bits per heavy atom. The number of hydrogen-bond donors (Lipinski definition) is 1. The SMILES string of the molecule is COc1cccc(/C=C/C(=O)O[C@@H](C)C(=O)c2c(C)[nH]c3ccccc23)c1OC. The van der Waals surface area contributed by atoms with Gasteiger partial charge in [-0.15, -0.1) is 0 Å². The second kappa shape index (κ2) is 8.65. The Hall–Kier alpha value is -3.54. The van der Waals surface area contributed by atoms with E-state index >= 15 is 0 Å². The number of carbonyl (C=O) groups is 2. The highest BCUT2D eigenvalue weighted by Crippen LogP contribution is 2.31. The van der Waals surface area contributed by atoms with Gasteiger partial charge in [0.05, 0.1) is 14.2 Å².